The average molecular weight is 426 g/mol. The van der Waals surface area contributed by atoms with Crippen LogP contribution in [0.25, 0.3) is 0 Å². The van der Waals surface area contributed by atoms with Gasteiger partial charge in [-0.3, -0.25) is 13.7 Å². The van der Waals surface area contributed by atoms with E-state index < -0.39 is 21.4 Å². The normalized spacial score (nSPS) is 21.9. The summed E-state index contributed by atoms with van der Waals surface area (Å²) in [5.74, 6) is 2.54. The van der Waals surface area contributed by atoms with Crippen molar-refractivity contribution < 1.29 is 17.5 Å². The Hall–Kier alpha value is -2.21. The van der Waals surface area contributed by atoms with Crippen molar-refractivity contribution in [3.8, 4) is 11.8 Å². The molecule has 0 amide bonds. The van der Waals surface area contributed by atoms with E-state index in [0.29, 0.717) is 0 Å². The molecular weight excluding hydrogens is 396 g/mol. The van der Waals surface area contributed by atoms with E-state index in [2.05, 4.69) is 28.4 Å². The van der Waals surface area contributed by atoms with Crippen molar-refractivity contribution in [1.82, 2.24) is 0 Å². The number of nitrogens with zero attached hydrogens (tertiary/aromatic N) is 3. The van der Waals surface area contributed by atoms with E-state index in [9.17, 15) is 13.3 Å². The fourth-order valence-electron chi connectivity index (χ4n) is 2.50. The molecule has 1 aliphatic heterocycles. The van der Waals surface area contributed by atoms with E-state index in [4.69, 9.17) is 4.18 Å². The van der Waals surface area contributed by atoms with Crippen molar-refractivity contribution in [1.29, 1.82) is 0 Å². The molecule has 0 aromatic heterocycles. The number of hydrogen-bond donors (Lipinski definition) is 1. The van der Waals surface area contributed by atoms with Crippen LogP contribution in [0.15, 0.2) is 53.0 Å². The predicted octanol–water partition coefficient (Wildman–Crippen LogP) is 5.01. The highest BCUT2D eigenvalue weighted by molar-refractivity contribution is 8.25. The largest absolute Gasteiger partial charge is 0.328 e. The topological polar surface area (TPSA) is 57.4 Å². The zero-order valence-electron chi connectivity index (χ0n) is 17.5. The average Bonchev–Trinajstić information content (AvgIpc) is 3.17. The maximum atomic E-state index is 14.1. The Bertz CT molecular complexity index is 796. The van der Waals surface area contributed by atoms with Gasteiger partial charge in [0.25, 0.3) is 5.92 Å². The number of aliphatic imine (C=N–C) groups is 2. The lowest BCUT2D eigenvalue weighted by molar-refractivity contribution is -0.0196. The molecule has 2 atom stereocenters. The number of allylic oxidation sites excluding steroid dienone is 1. The smallest absolute Gasteiger partial charge is 0.289 e. The molecule has 2 unspecified atom stereocenters. The molecular formula is C21H29F2N3O2S. The molecule has 0 saturated heterocycles. The zero-order chi connectivity index (χ0) is 22.1. The summed E-state index contributed by atoms with van der Waals surface area (Å²) in [6.07, 6.45) is 5.15. The van der Waals surface area contributed by atoms with Crippen LogP contribution < -0.4 is 4.90 Å². The number of para-hydroxylation sites is 1. The van der Waals surface area contributed by atoms with Crippen LogP contribution in [0.4, 0.5) is 14.5 Å². The summed E-state index contributed by atoms with van der Waals surface area (Å²) in [5.41, 5.74) is 1.62. The van der Waals surface area contributed by atoms with Crippen molar-refractivity contribution >= 4 is 28.3 Å². The number of alkyl halides is 2. The molecule has 2 rings (SSSR count). The van der Waals surface area contributed by atoms with Gasteiger partial charge in [-0.05, 0) is 19.1 Å². The number of anilines is 1. The molecule has 1 aliphatic rings. The summed E-state index contributed by atoms with van der Waals surface area (Å²) in [7, 11) is -0.0880. The Balaban J connectivity index is 0.000000396. The third kappa shape index (κ3) is 6.13. The van der Waals surface area contributed by atoms with Crippen LogP contribution in [0.3, 0.4) is 0 Å². The first kappa shape index (κ1) is 24.8. The van der Waals surface area contributed by atoms with Gasteiger partial charge in [0.2, 0.25) is 4.87 Å². The Labute approximate surface area is 173 Å². The number of hydrogen-bond acceptors (Lipinski definition) is 5. The highest BCUT2D eigenvalue weighted by atomic mass is 32.3. The molecule has 5 nitrogen and oxygen atoms in total. The standard InChI is InChI=1S/C13H18F2N2O2S.C8H11N/c1-12(14,15)13(20(3,18)19-2)9-17(10-16-13)11-7-5-4-6-8-11;1-4-5-6-7-8(2)9-3/h4-8,10,18H,9H2,1-3H3;4H,1,5H2,2-3H3. The van der Waals surface area contributed by atoms with E-state index >= 15 is 0 Å². The first-order chi connectivity index (χ1) is 13.5. The van der Waals surface area contributed by atoms with Crippen molar-refractivity contribution in [3.05, 3.63) is 43.0 Å². The molecule has 0 bridgehead atoms. The van der Waals surface area contributed by atoms with E-state index in [1.165, 1.54) is 19.7 Å². The van der Waals surface area contributed by atoms with Gasteiger partial charge in [-0.25, -0.2) is 13.8 Å². The fourth-order valence-corrected chi connectivity index (χ4v) is 4.06. The summed E-state index contributed by atoms with van der Waals surface area (Å²) in [6, 6.07) is 9.07. The maximum absolute atomic E-state index is 14.1. The van der Waals surface area contributed by atoms with Crippen molar-refractivity contribution in [2.45, 2.75) is 31.1 Å². The summed E-state index contributed by atoms with van der Waals surface area (Å²) in [6.45, 7) is 6.06. The minimum atomic E-state index is -3.21. The SMILES string of the molecule is C=CCC#CC(C)=NC.COS(C)(O)C1(C(C)(F)F)CN(c2ccccc2)C=N1. The van der Waals surface area contributed by atoms with Gasteiger partial charge >= 0.3 is 0 Å². The lowest BCUT2D eigenvalue weighted by Gasteiger charge is -2.49. The van der Waals surface area contributed by atoms with Gasteiger partial charge in [0.05, 0.1) is 25.7 Å². The molecule has 160 valence electrons. The predicted molar refractivity (Wildman–Crippen MR) is 120 cm³/mol. The molecule has 8 heteroatoms. The van der Waals surface area contributed by atoms with E-state index in [-0.39, 0.29) is 6.54 Å². The van der Waals surface area contributed by atoms with Gasteiger partial charge in [0.1, 0.15) is 0 Å². The van der Waals surface area contributed by atoms with Crippen LogP contribution in [0.2, 0.25) is 0 Å². The highest BCUT2D eigenvalue weighted by Gasteiger charge is 2.61. The molecule has 1 heterocycles. The minimum Gasteiger partial charge on any atom is -0.328 e. The lowest BCUT2D eigenvalue weighted by Crippen LogP contribution is -2.52. The zero-order valence-corrected chi connectivity index (χ0v) is 18.3. The molecule has 0 aliphatic carbocycles. The molecule has 0 spiro atoms. The molecule has 0 radical (unpaired) electrons. The number of benzene rings is 1. The first-order valence-corrected chi connectivity index (χ1v) is 10.8. The quantitative estimate of drug-likeness (QED) is 0.410. The van der Waals surface area contributed by atoms with E-state index in [1.807, 2.05) is 25.1 Å². The number of rotatable bonds is 5. The lowest BCUT2D eigenvalue weighted by atomic mass is 10.1. The summed E-state index contributed by atoms with van der Waals surface area (Å²) in [5, 5.41) is 0. The molecule has 0 saturated carbocycles. The second kappa shape index (κ2) is 10.5. The summed E-state index contributed by atoms with van der Waals surface area (Å²) in [4.78, 5) is 7.45. The molecule has 0 fully saturated rings. The summed E-state index contributed by atoms with van der Waals surface area (Å²) >= 11 is 0. The second-order valence-corrected chi connectivity index (χ2v) is 9.07. The maximum Gasteiger partial charge on any atom is 0.289 e. The van der Waals surface area contributed by atoms with Crippen LogP contribution in [-0.2, 0) is 4.18 Å². The Morgan fingerprint density at radius 3 is 2.59 bits per heavy atom. The van der Waals surface area contributed by atoms with Crippen LogP contribution in [0, 0.1) is 11.8 Å². The fraction of sp³-hybridized carbons (Fsp3) is 0.429. The minimum absolute atomic E-state index is 0.128. The Morgan fingerprint density at radius 1 is 1.48 bits per heavy atom. The van der Waals surface area contributed by atoms with Gasteiger partial charge in [-0.1, -0.05) is 36.1 Å². The molecule has 1 aromatic carbocycles. The van der Waals surface area contributed by atoms with Gasteiger partial charge in [0, 0.05) is 32.3 Å². The van der Waals surface area contributed by atoms with Crippen LogP contribution in [0.5, 0.6) is 0 Å². The van der Waals surface area contributed by atoms with Gasteiger partial charge in [-0.2, -0.15) is 10.6 Å². The first-order valence-electron chi connectivity index (χ1n) is 8.88. The highest BCUT2D eigenvalue weighted by Crippen LogP contribution is 2.61. The van der Waals surface area contributed by atoms with Crippen molar-refractivity contribution in [2.24, 2.45) is 9.98 Å². The van der Waals surface area contributed by atoms with Gasteiger partial charge < -0.3 is 4.90 Å². The van der Waals surface area contributed by atoms with Crippen molar-refractivity contribution in [2.75, 3.05) is 31.9 Å². The van der Waals surface area contributed by atoms with E-state index in [1.54, 1.807) is 30.2 Å². The monoisotopic (exact) mass is 425 g/mol. The van der Waals surface area contributed by atoms with Crippen LogP contribution in [-0.4, -0.2) is 54.4 Å². The third-order valence-electron chi connectivity index (χ3n) is 4.37. The Morgan fingerprint density at radius 2 is 2.10 bits per heavy atom. The second-order valence-electron chi connectivity index (χ2n) is 6.45. The molecule has 1 aromatic rings. The molecule has 1 N–H and O–H groups in total. The van der Waals surface area contributed by atoms with Gasteiger partial charge in [0.15, 0.2) is 0 Å². The third-order valence-corrected chi connectivity index (χ3v) is 6.86. The van der Waals surface area contributed by atoms with E-state index in [0.717, 1.165) is 24.7 Å². The van der Waals surface area contributed by atoms with Crippen LogP contribution >= 0.6 is 10.6 Å². The van der Waals surface area contributed by atoms with Gasteiger partial charge in [-0.15, -0.1) is 6.58 Å². The van der Waals surface area contributed by atoms with Crippen molar-refractivity contribution in [3.63, 3.8) is 0 Å². The molecule has 29 heavy (non-hydrogen) atoms. The summed E-state index contributed by atoms with van der Waals surface area (Å²) < 4.78 is 43.5. The van der Waals surface area contributed by atoms with Crippen LogP contribution in [0.1, 0.15) is 20.3 Å². The number of halogens is 2. The Kier molecular flexibility index (Phi) is 9.02.